The van der Waals surface area contributed by atoms with Crippen LogP contribution in [0.1, 0.15) is 18.2 Å². The van der Waals surface area contributed by atoms with Crippen LogP contribution in [0.25, 0.3) is 0 Å². The van der Waals surface area contributed by atoms with E-state index in [1.54, 1.807) is 12.1 Å². The summed E-state index contributed by atoms with van der Waals surface area (Å²) >= 11 is 0. The van der Waals surface area contributed by atoms with Gasteiger partial charge in [-0.15, -0.1) is 0 Å². The summed E-state index contributed by atoms with van der Waals surface area (Å²) in [6, 6.07) is 4.93. The van der Waals surface area contributed by atoms with Gasteiger partial charge in [0.15, 0.2) is 5.69 Å². The Balaban J connectivity index is 3.24. The third-order valence-electron chi connectivity index (χ3n) is 1.57. The molecule has 0 atom stereocenters. The highest BCUT2D eigenvalue weighted by Crippen LogP contribution is 2.15. The number of nitrogen functional groups attached to an aromatic ring is 1. The molecule has 1 heterocycles. The second-order valence-electron chi connectivity index (χ2n) is 2.57. The van der Waals surface area contributed by atoms with Crippen molar-refractivity contribution in [3.05, 3.63) is 17.3 Å². The Morgan fingerprint density at radius 1 is 1.57 bits per heavy atom. The lowest BCUT2D eigenvalue weighted by Gasteiger charge is -2.02. The molecule has 1 aromatic rings. The summed E-state index contributed by atoms with van der Waals surface area (Å²) in [5, 5.41) is 19.7. The first kappa shape index (κ1) is 9.62. The number of amides is 1. The maximum absolute atomic E-state index is 10.7. The van der Waals surface area contributed by atoms with Gasteiger partial charge in [-0.2, -0.15) is 10.5 Å². The lowest BCUT2D eigenvalue weighted by molar-refractivity contribution is -0.114. The molecule has 14 heavy (non-hydrogen) atoms. The van der Waals surface area contributed by atoms with Crippen molar-refractivity contribution < 1.29 is 4.79 Å². The average Bonchev–Trinajstić information content (AvgIpc) is 2.42. The summed E-state index contributed by atoms with van der Waals surface area (Å²) in [6.45, 7) is 1.31. The largest absolute Gasteiger partial charge is 0.337 e. The minimum Gasteiger partial charge on any atom is -0.337 e. The predicted octanol–water partition coefficient (Wildman–Crippen LogP) is -0.0963. The maximum Gasteiger partial charge on any atom is 0.222 e. The van der Waals surface area contributed by atoms with Crippen LogP contribution in [0.3, 0.4) is 0 Å². The second kappa shape index (κ2) is 3.50. The van der Waals surface area contributed by atoms with Crippen molar-refractivity contribution in [1.29, 1.82) is 10.5 Å². The Hall–Kier alpha value is -2.47. The van der Waals surface area contributed by atoms with Gasteiger partial charge in [-0.1, -0.05) is 0 Å². The first-order chi connectivity index (χ1) is 6.60. The Morgan fingerprint density at radius 2 is 2.21 bits per heavy atom. The lowest BCUT2D eigenvalue weighted by Crippen LogP contribution is -2.17. The molecule has 6 heteroatoms. The number of rotatable bonds is 1. The summed E-state index contributed by atoms with van der Waals surface area (Å²) in [5.41, 5.74) is 0.162. The number of carbonyl (C=O) groups is 1. The van der Waals surface area contributed by atoms with Gasteiger partial charge in [-0.05, 0) is 0 Å². The second-order valence-corrected chi connectivity index (χ2v) is 2.57. The Bertz CT molecular complexity index is 459. The molecule has 0 spiro atoms. The number of hydrogen-bond acceptors (Lipinski definition) is 4. The van der Waals surface area contributed by atoms with Crippen molar-refractivity contribution in [3.63, 3.8) is 0 Å². The molecule has 0 fully saturated rings. The molecule has 0 unspecified atom stereocenters. The standard InChI is InChI=1S/C8H7N5O/c1-5(14)12-8-2-6(3-9)7(4-10)13(8)11/h2H,11H2,1H3,(H,12,14). The lowest BCUT2D eigenvalue weighted by atomic mass is 10.3. The Morgan fingerprint density at radius 3 is 2.57 bits per heavy atom. The van der Waals surface area contributed by atoms with Gasteiger partial charge >= 0.3 is 0 Å². The van der Waals surface area contributed by atoms with E-state index in [-0.39, 0.29) is 23.0 Å². The number of aromatic nitrogens is 1. The van der Waals surface area contributed by atoms with Crippen LogP contribution in [0.2, 0.25) is 0 Å². The number of nitrogens with two attached hydrogens (primary N) is 1. The molecule has 0 bridgehead atoms. The molecule has 0 saturated heterocycles. The molecule has 0 aliphatic rings. The monoisotopic (exact) mass is 189 g/mol. The molecule has 1 aromatic heterocycles. The summed E-state index contributed by atoms with van der Waals surface area (Å²) in [5.74, 6) is 5.38. The van der Waals surface area contributed by atoms with Crippen molar-refractivity contribution in [1.82, 2.24) is 4.68 Å². The van der Waals surface area contributed by atoms with Gasteiger partial charge in [0.1, 0.15) is 18.0 Å². The number of nitrogens with zero attached hydrogens (tertiary/aromatic N) is 3. The maximum atomic E-state index is 10.7. The first-order valence-electron chi connectivity index (χ1n) is 3.68. The normalized spacial score (nSPS) is 8.79. The smallest absolute Gasteiger partial charge is 0.222 e. The molecule has 0 saturated carbocycles. The molecule has 3 N–H and O–H groups in total. The number of nitrogens with one attached hydrogen (secondary N) is 1. The molecule has 0 aliphatic carbocycles. The molecular formula is C8H7N5O. The minimum atomic E-state index is -0.317. The summed E-state index contributed by atoms with van der Waals surface area (Å²) in [6.07, 6.45) is 0. The van der Waals surface area contributed by atoms with Gasteiger partial charge in [-0.25, -0.2) is 4.68 Å². The van der Waals surface area contributed by atoms with E-state index in [4.69, 9.17) is 16.4 Å². The third kappa shape index (κ3) is 1.50. The van der Waals surface area contributed by atoms with Gasteiger partial charge in [0.05, 0.1) is 5.56 Å². The van der Waals surface area contributed by atoms with Crippen LogP contribution >= 0.6 is 0 Å². The predicted molar refractivity (Wildman–Crippen MR) is 48.3 cm³/mol. The van der Waals surface area contributed by atoms with Crippen molar-refractivity contribution in [2.75, 3.05) is 11.2 Å². The van der Waals surface area contributed by atoms with E-state index >= 15 is 0 Å². The quantitative estimate of drug-likeness (QED) is 0.601. The van der Waals surface area contributed by atoms with E-state index in [2.05, 4.69) is 5.32 Å². The molecule has 1 rings (SSSR count). The number of anilines is 1. The van der Waals surface area contributed by atoms with Gasteiger partial charge in [0.25, 0.3) is 0 Å². The zero-order valence-corrected chi connectivity index (χ0v) is 7.40. The molecular weight excluding hydrogens is 182 g/mol. The zero-order valence-electron chi connectivity index (χ0n) is 7.40. The van der Waals surface area contributed by atoms with Crippen LogP contribution < -0.4 is 11.2 Å². The third-order valence-corrected chi connectivity index (χ3v) is 1.57. The Kier molecular flexibility index (Phi) is 2.40. The fraction of sp³-hybridized carbons (Fsp3) is 0.125. The van der Waals surface area contributed by atoms with E-state index in [1.165, 1.54) is 13.0 Å². The number of nitriles is 2. The summed E-state index contributed by atoms with van der Waals surface area (Å²) < 4.78 is 0.972. The fourth-order valence-electron chi connectivity index (χ4n) is 1.00. The molecule has 0 radical (unpaired) electrons. The van der Waals surface area contributed by atoms with Crippen LogP contribution in [0.15, 0.2) is 6.07 Å². The van der Waals surface area contributed by atoms with E-state index in [1.807, 2.05) is 0 Å². The minimum absolute atomic E-state index is 0.0243. The Labute approximate surface area is 80.1 Å². The number of carbonyl (C=O) groups excluding carboxylic acids is 1. The van der Waals surface area contributed by atoms with Gasteiger partial charge in [0, 0.05) is 13.0 Å². The van der Waals surface area contributed by atoms with E-state index < -0.39 is 0 Å². The van der Waals surface area contributed by atoms with Gasteiger partial charge < -0.3 is 11.2 Å². The highest BCUT2D eigenvalue weighted by atomic mass is 16.1. The molecule has 0 aromatic carbocycles. The number of hydrogen-bond donors (Lipinski definition) is 2. The van der Waals surface area contributed by atoms with E-state index in [9.17, 15) is 4.79 Å². The summed E-state index contributed by atoms with van der Waals surface area (Å²) in [4.78, 5) is 10.7. The molecule has 1 amide bonds. The highest BCUT2D eigenvalue weighted by molar-refractivity contribution is 5.88. The van der Waals surface area contributed by atoms with Crippen LogP contribution in [0.4, 0.5) is 5.82 Å². The first-order valence-corrected chi connectivity index (χ1v) is 3.68. The van der Waals surface area contributed by atoms with Gasteiger partial charge in [0.2, 0.25) is 5.91 Å². The van der Waals surface area contributed by atoms with Crippen molar-refractivity contribution in [3.8, 4) is 12.1 Å². The van der Waals surface area contributed by atoms with Crippen LogP contribution in [-0.2, 0) is 4.79 Å². The van der Waals surface area contributed by atoms with E-state index in [0.29, 0.717) is 0 Å². The van der Waals surface area contributed by atoms with Crippen molar-refractivity contribution in [2.24, 2.45) is 0 Å². The summed E-state index contributed by atoms with van der Waals surface area (Å²) in [7, 11) is 0. The molecule has 70 valence electrons. The van der Waals surface area contributed by atoms with Gasteiger partial charge in [-0.3, -0.25) is 4.79 Å². The van der Waals surface area contributed by atoms with Crippen LogP contribution in [0, 0.1) is 22.7 Å². The van der Waals surface area contributed by atoms with E-state index in [0.717, 1.165) is 4.68 Å². The fourth-order valence-corrected chi connectivity index (χ4v) is 1.00. The molecule has 0 aliphatic heterocycles. The topological polar surface area (TPSA) is 108 Å². The van der Waals surface area contributed by atoms with Crippen molar-refractivity contribution in [2.45, 2.75) is 6.92 Å². The molecule has 6 nitrogen and oxygen atoms in total. The van der Waals surface area contributed by atoms with Crippen molar-refractivity contribution >= 4 is 11.7 Å². The highest BCUT2D eigenvalue weighted by Gasteiger charge is 2.13. The van der Waals surface area contributed by atoms with Crippen LogP contribution in [0.5, 0.6) is 0 Å². The zero-order chi connectivity index (χ0) is 10.7. The van der Waals surface area contributed by atoms with Crippen LogP contribution in [-0.4, -0.2) is 10.6 Å². The SMILES string of the molecule is CC(=O)Nc1cc(C#N)c(C#N)n1N. The average molecular weight is 189 g/mol.